The number of halogens is 2. The minimum absolute atomic E-state index is 0.0760. The number of nitrogens with zero attached hydrogens (tertiary/aromatic N) is 1. The lowest BCUT2D eigenvalue weighted by atomic mass is 10.1. The van der Waals surface area contributed by atoms with E-state index in [0.717, 1.165) is 19.4 Å². The molecule has 2 unspecified atom stereocenters. The molecule has 6 heteroatoms. The summed E-state index contributed by atoms with van der Waals surface area (Å²) in [5, 5.41) is 13.8. The number of carbonyl (C=O) groups excluding carboxylic acids is 1. The van der Waals surface area contributed by atoms with E-state index in [1.165, 1.54) is 0 Å². The Morgan fingerprint density at radius 2 is 2.29 bits per heavy atom. The van der Waals surface area contributed by atoms with Crippen LogP contribution in [-0.2, 0) is 4.79 Å². The van der Waals surface area contributed by atoms with Gasteiger partial charge in [-0.2, -0.15) is 0 Å². The van der Waals surface area contributed by atoms with Gasteiger partial charge in [0.2, 0.25) is 5.91 Å². The minimum atomic E-state index is -0.838. The van der Waals surface area contributed by atoms with Crippen LogP contribution in [0.25, 0.3) is 0 Å². The zero-order chi connectivity index (χ0) is 15.4. The molecular weight excluding hydrogens is 311 g/mol. The van der Waals surface area contributed by atoms with E-state index in [0.29, 0.717) is 28.2 Å². The maximum atomic E-state index is 11.9. The molecule has 1 fully saturated rings. The van der Waals surface area contributed by atoms with Crippen molar-refractivity contribution in [3.63, 3.8) is 0 Å². The molecule has 2 rings (SSSR count). The van der Waals surface area contributed by atoms with Crippen molar-refractivity contribution in [3.05, 3.63) is 33.8 Å². The highest BCUT2D eigenvalue weighted by molar-refractivity contribution is 6.35. The standard InChI is InChI=1S/C15H20Cl2N2O2/c1-10-3-2-6-19(10)9-15(21)18-8-14(20)12-5-4-11(16)7-13(12)17/h4-5,7,10,14,20H,2-3,6,8-9H2,1H3,(H,18,21). The summed E-state index contributed by atoms with van der Waals surface area (Å²) in [6.07, 6.45) is 1.43. The number of amides is 1. The Kier molecular flexibility index (Phi) is 5.88. The molecule has 0 aromatic heterocycles. The molecule has 116 valence electrons. The molecule has 4 nitrogen and oxygen atoms in total. The van der Waals surface area contributed by atoms with Crippen molar-refractivity contribution >= 4 is 29.1 Å². The molecule has 0 aliphatic carbocycles. The van der Waals surface area contributed by atoms with E-state index in [1.54, 1.807) is 18.2 Å². The lowest BCUT2D eigenvalue weighted by Crippen LogP contribution is -2.40. The molecule has 1 aliphatic heterocycles. The topological polar surface area (TPSA) is 52.6 Å². The third-order valence-corrected chi connectivity index (χ3v) is 4.41. The van der Waals surface area contributed by atoms with Crippen molar-refractivity contribution in [1.82, 2.24) is 10.2 Å². The number of carbonyl (C=O) groups is 1. The van der Waals surface area contributed by atoms with Crippen molar-refractivity contribution in [2.75, 3.05) is 19.6 Å². The summed E-state index contributed by atoms with van der Waals surface area (Å²) in [5.41, 5.74) is 0.566. The molecule has 2 atom stereocenters. The van der Waals surface area contributed by atoms with E-state index < -0.39 is 6.10 Å². The lowest BCUT2D eigenvalue weighted by Gasteiger charge is -2.21. The fraction of sp³-hybridized carbons (Fsp3) is 0.533. The van der Waals surface area contributed by atoms with Crippen molar-refractivity contribution in [3.8, 4) is 0 Å². The average molecular weight is 331 g/mol. The minimum Gasteiger partial charge on any atom is -0.387 e. The van der Waals surface area contributed by atoms with E-state index in [2.05, 4.69) is 17.1 Å². The number of nitrogens with one attached hydrogen (secondary N) is 1. The van der Waals surface area contributed by atoms with Gasteiger partial charge in [-0.15, -0.1) is 0 Å². The zero-order valence-corrected chi connectivity index (χ0v) is 13.5. The van der Waals surface area contributed by atoms with E-state index in [9.17, 15) is 9.90 Å². The van der Waals surface area contributed by atoms with Gasteiger partial charge in [-0.1, -0.05) is 29.3 Å². The molecule has 0 radical (unpaired) electrons. The first kappa shape index (κ1) is 16.6. The number of aliphatic hydroxyl groups is 1. The van der Waals surface area contributed by atoms with Gasteiger partial charge in [0.15, 0.2) is 0 Å². The fourth-order valence-electron chi connectivity index (χ4n) is 2.56. The highest BCUT2D eigenvalue weighted by Gasteiger charge is 2.22. The van der Waals surface area contributed by atoms with Crippen LogP contribution in [0.15, 0.2) is 18.2 Å². The third-order valence-electron chi connectivity index (χ3n) is 3.85. The van der Waals surface area contributed by atoms with Gasteiger partial charge in [-0.05, 0) is 38.4 Å². The quantitative estimate of drug-likeness (QED) is 0.872. The summed E-state index contributed by atoms with van der Waals surface area (Å²) in [6.45, 7) is 3.60. The first-order valence-corrected chi connectivity index (χ1v) is 7.86. The second-order valence-electron chi connectivity index (χ2n) is 5.45. The van der Waals surface area contributed by atoms with Crippen LogP contribution in [0.2, 0.25) is 10.0 Å². The number of hydrogen-bond donors (Lipinski definition) is 2. The van der Waals surface area contributed by atoms with Gasteiger partial charge in [0.05, 0.1) is 12.6 Å². The van der Waals surface area contributed by atoms with Crippen LogP contribution in [0.3, 0.4) is 0 Å². The summed E-state index contributed by atoms with van der Waals surface area (Å²) >= 11 is 11.8. The van der Waals surface area contributed by atoms with Crippen LogP contribution in [0.5, 0.6) is 0 Å². The first-order chi connectivity index (χ1) is 9.97. The molecule has 21 heavy (non-hydrogen) atoms. The molecule has 1 heterocycles. The normalized spacial score (nSPS) is 20.5. The third kappa shape index (κ3) is 4.58. The maximum absolute atomic E-state index is 11.9. The van der Waals surface area contributed by atoms with Gasteiger partial charge in [0.1, 0.15) is 0 Å². The molecule has 0 spiro atoms. The fourth-order valence-corrected chi connectivity index (χ4v) is 3.09. The molecule has 2 N–H and O–H groups in total. The van der Waals surface area contributed by atoms with Gasteiger partial charge in [0.25, 0.3) is 0 Å². The van der Waals surface area contributed by atoms with Crippen molar-refractivity contribution < 1.29 is 9.90 Å². The summed E-state index contributed by atoms with van der Waals surface area (Å²) in [7, 11) is 0. The zero-order valence-electron chi connectivity index (χ0n) is 12.0. The Bertz CT molecular complexity index is 510. The summed E-state index contributed by atoms with van der Waals surface area (Å²) in [6, 6.07) is 5.37. The van der Waals surface area contributed by atoms with Crippen molar-refractivity contribution in [2.45, 2.75) is 31.9 Å². The SMILES string of the molecule is CC1CCCN1CC(=O)NCC(O)c1ccc(Cl)cc1Cl. The lowest BCUT2D eigenvalue weighted by molar-refractivity contribution is -0.122. The average Bonchev–Trinajstić information content (AvgIpc) is 2.81. The summed E-state index contributed by atoms with van der Waals surface area (Å²) < 4.78 is 0. The molecule has 1 aliphatic rings. The monoisotopic (exact) mass is 330 g/mol. The number of benzene rings is 1. The number of likely N-dealkylation sites (tertiary alicyclic amines) is 1. The van der Waals surface area contributed by atoms with Crippen LogP contribution in [0.4, 0.5) is 0 Å². The Morgan fingerprint density at radius 1 is 1.52 bits per heavy atom. The van der Waals surface area contributed by atoms with Crippen molar-refractivity contribution in [2.24, 2.45) is 0 Å². The Balaban J connectivity index is 1.83. The summed E-state index contributed by atoms with van der Waals surface area (Å²) in [5.74, 6) is -0.0760. The Labute approximate surface area is 135 Å². The van der Waals surface area contributed by atoms with Gasteiger partial charge in [-0.3, -0.25) is 9.69 Å². The highest BCUT2D eigenvalue weighted by Crippen LogP contribution is 2.25. The molecule has 1 aromatic carbocycles. The van der Waals surface area contributed by atoms with Crippen LogP contribution >= 0.6 is 23.2 Å². The predicted octanol–water partition coefficient (Wildman–Crippen LogP) is 2.63. The van der Waals surface area contributed by atoms with Gasteiger partial charge in [-0.25, -0.2) is 0 Å². The molecule has 0 bridgehead atoms. The van der Waals surface area contributed by atoms with Crippen LogP contribution in [-0.4, -0.2) is 41.6 Å². The van der Waals surface area contributed by atoms with Crippen LogP contribution < -0.4 is 5.32 Å². The van der Waals surface area contributed by atoms with Gasteiger partial charge >= 0.3 is 0 Å². The largest absolute Gasteiger partial charge is 0.387 e. The van der Waals surface area contributed by atoms with E-state index in [1.807, 2.05) is 0 Å². The van der Waals surface area contributed by atoms with E-state index in [-0.39, 0.29) is 12.5 Å². The highest BCUT2D eigenvalue weighted by atomic mass is 35.5. The van der Waals surface area contributed by atoms with E-state index >= 15 is 0 Å². The van der Waals surface area contributed by atoms with Crippen molar-refractivity contribution in [1.29, 1.82) is 0 Å². The second kappa shape index (κ2) is 7.45. The van der Waals surface area contributed by atoms with E-state index in [4.69, 9.17) is 23.2 Å². The number of aliphatic hydroxyl groups excluding tert-OH is 1. The second-order valence-corrected chi connectivity index (χ2v) is 6.29. The van der Waals surface area contributed by atoms with Crippen LogP contribution in [0.1, 0.15) is 31.4 Å². The molecule has 1 amide bonds. The Hall–Kier alpha value is -0.810. The number of hydrogen-bond acceptors (Lipinski definition) is 3. The van der Waals surface area contributed by atoms with Gasteiger partial charge < -0.3 is 10.4 Å². The molecule has 0 saturated carbocycles. The van der Waals surface area contributed by atoms with Gasteiger partial charge in [0, 0.05) is 28.2 Å². The smallest absolute Gasteiger partial charge is 0.234 e. The predicted molar refractivity (Wildman–Crippen MR) is 84.7 cm³/mol. The molecule has 1 saturated heterocycles. The maximum Gasteiger partial charge on any atom is 0.234 e. The molecular formula is C15H20Cl2N2O2. The summed E-state index contributed by atoms with van der Waals surface area (Å²) in [4.78, 5) is 14.1. The molecule has 1 aromatic rings. The number of rotatable bonds is 5. The first-order valence-electron chi connectivity index (χ1n) is 7.11. The Morgan fingerprint density at radius 3 is 2.90 bits per heavy atom. The van der Waals surface area contributed by atoms with Crippen LogP contribution in [0, 0.1) is 0 Å².